The van der Waals surface area contributed by atoms with Crippen LogP contribution >= 0.6 is 0 Å². The zero-order valence-corrected chi connectivity index (χ0v) is 5.09. The maximum Gasteiger partial charge on any atom is 0.309 e. The third kappa shape index (κ3) is 158. The summed E-state index contributed by atoms with van der Waals surface area (Å²) in [7, 11) is 0. The van der Waals surface area contributed by atoms with Crippen molar-refractivity contribution in [3.63, 3.8) is 0 Å². The molecular weight excluding hydrogens is 108 g/mol. The summed E-state index contributed by atoms with van der Waals surface area (Å²) in [5, 5.41) is 8.06. The first-order chi connectivity index (χ1) is 3.46. The Bertz CT molecular complexity index is 56.3. The van der Waals surface area contributed by atoms with E-state index >= 15 is 0 Å². The predicted molar refractivity (Wildman–Crippen MR) is 31.1 cm³/mol. The average molecular weight is 120 g/mol. The van der Waals surface area contributed by atoms with Crippen molar-refractivity contribution in [2.75, 3.05) is 0 Å². The van der Waals surface area contributed by atoms with Gasteiger partial charge < -0.3 is 16.6 Å². The van der Waals surface area contributed by atoms with E-state index in [-0.39, 0.29) is 6.10 Å². The first-order valence-electron chi connectivity index (χ1n) is 2.19. The number of nitrogens with two attached hydrogens (primary N) is 2. The van der Waals surface area contributed by atoms with Crippen LogP contribution in [0.1, 0.15) is 13.8 Å². The van der Waals surface area contributed by atoms with Crippen molar-refractivity contribution in [1.29, 1.82) is 0 Å². The van der Waals surface area contributed by atoms with Gasteiger partial charge in [0.1, 0.15) is 0 Å². The van der Waals surface area contributed by atoms with Crippen LogP contribution in [0, 0.1) is 0 Å². The molecule has 4 heteroatoms. The summed E-state index contributed by atoms with van der Waals surface area (Å²) in [6, 6.07) is -0.833. The SMILES string of the molecule is CC(C)O.NC(N)=O. The molecule has 5 N–H and O–H groups in total. The highest BCUT2D eigenvalue weighted by Gasteiger charge is 1.69. The molecule has 0 aliphatic rings. The predicted octanol–water partition coefficient (Wildman–Crippen LogP) is -0.589. The molecule has 0 fully saturated rings. The molecule has 4 nitrogen and oxygen atoms in total. The van der Waals surface area contributed by atoms with Gasteiger partial charge in [0.15, 0.2) is 0 Å². The lowest BCUT2D eigenvalue weighted by atomic mass is 10.5. The summed E-state index contributed by atoms with van der Waals surface area (Å²) in [5.41, 5.74) is 8.50. The molecule has 0 aromatic carbocycles. The smallest absolute Gasteiger partial charge is 0.309 e. The minimum atomic E-state index is -0.833. The Morgan fingerprint density at radius 1 is 1.50 bits per heavy atom. The fourth-order valence-corrected chi connectivity index (χ4v) is 0. The molecule has 8 heavy (non-hydrogen) atoms. The molecule has 0 saturated heterocycles. The van der Waals surface area contributed by atoms with Crippen LogP contribution in [0.15, 0.2) is 0 Å². The van der Waals surface area contributed by atoms with Gasteiger partial charge in [0.2, 0.25) is 0 Å². The zero-order valence-electron chi connectivity index (χ0n) is 5.09. The van der Waals surface area contributed by atoms with E-state index in [0.717, 1.165) is 0 Å². The highest BCUT2D eigenvalue weighted by molar-refractivity contribution is 5.69. The Morgan fingerprint density at radius 2 is 1.50 bits per heavy atom. The maximum atomic E-state index is 9.00. The summed E-state index contributed by atoms with van der Waals surface area (Å²) in [4.78, 5) is 9.00. The van der Waals surface area contributed by atoms with Crippen LogP contribution in [0.3, 0.4) is 0 Å². The zero-order chi connectivity index (χ0) is 7.15. The number of hydrogen-bond acceptors (Lipinski definition) is 2. The van der Waals surface area contributed by atoms with Gasteiger partial charge in [0.05, 0.1) is 0 Å². The average Bonchev–Trinajstić information content (AvgIpc) is 1.25. The molecule has 0 heterocycles. The number of aliphatic hydroxyl groups excluding tert-OH is 1. The summed E-state index contributed by atoms with van der Waals surface area (Å²) in [6.45, 7) is 3.44. The van der Waals surface area contributed by atoms with Gasteiger partial charge in [-0.25, -0.2) is 4.79 Å². The molecule has 0 bridgehead atoms. The number of primary amides is 2. The van der Waals surface area contributed by atoms with E-state index in [1.165, 1.54) is 0 Å². The van der Waals surface area contributed by atoms with Crippen molar-refractivity contribution in [2.45, 2.75) is 20.0 Å². The van der Waals surface area contributed by atoms with Gasteiger partial charge in [0.25, 0.3) is 0 Å². The van der Waals surface area contributed by atoms with Crippen molar-refractivity contribution in [1.82, 2.24) is 0 Å². The summed E-state index contributed by atoms with van der Waals surface area (Å²) < 4.78 is 0. The van der Waals surface area contributed by atoms with Crippen LogP contribution in [-0.4, -0.2) is 17.2 Å². The van der Waals surface area contributed by atoms with Crippen molar-refractivity contribution in [2.24, 2.45) is 11.5 Å². The molecule has 2 amide bonds. The van der Waals surface area contributed by atoms with Gasteiger partial charge in [-0.05, 0) is 13.8 Å². The Morgan fingerprint density at radius 3 is 1.50 bits per heavy atom. The number of carbonyl (C=O) groups excluding carboxylic acids is 1. The second kappa shape index (κ2) is 6.23. The van der Waals surface area contributed by atoms with Crippen molar-refractivity contribution in [3.8, 4) is 0 Å². The van der Waals surface area contributed by atoms with Gasteiger partial charge in [-0.1, -0.05) is 0 Å². The van der Waals surface area contributed by atoms with E-state index in [2.05, 4.69) is 11.5 Å². The van der Waals surface area contributed by atoms with E-state index in [1.54, 1.807) is 13.8 Å². The Labute approximate surface area is 48.5 Å². The highest BCUT2D eigenvalue weighted by atomic mass is 16.3. The summed E-state index contributed by atoms with van der Waals surface area (Å²) in [5.74, 6) is 0. The Hall–Kier alpha value is -0.770. The van der Waals surface area contributed by atoms with E-state index < -0.39 is 6.03 Å². The second-order valence-electron chi connectivity index (χ2n) is 1.50. The Kier molecular flexibility index (Phi) is 7.99. The fraction of sp³-hybridized carbons (Fsp3) is 0.750. The van der Waals surface area contributed by atoms with E-state index in [9.17, 15) is 0 Å². The second-order valence-corrected chi connectivity index (χ2v) is 1.50. The number of aliphatic hydroxyl groups is 1. The van der Waals surface area contributed by atoms with Crippen molar-refractivity contribution < 1.29 is 9.90 Å². The summed E-state index contributed by atoms with van der Waals surface area (Å²) in [6.07, 6.45) is -0.167. The highest BCUT2D eigenvalue weighted by Crippen LogP contribution is 1.65. The van der Waals surface area contributed by atoms with Gasteiger partial charge >= 0.3 is 6.03 Å². The molecule has 0 atom stereocenters. The van der Waals surface area contributed by atoms with Gasteiger partial charge in [-0.3, -0.25) is 0 Å². The first kappa shape index (κ1) is 10.3. The van der Waals surface area contributed by atoms with Crippen LogP contribution in [-0.2, 0) is 0 Å². The number of carbonyl (C=O) groups is 1. The Balaban J connectivity index is 0. The molecule has 0 unspecified atom stereocenters. The molecule has 0 aliphatic heterocycles. The number of urea groups is 1. The lowest BCUT2D eigenvalue weighted by molar-refractivity contribution is 0.216. The first-order valence-corrected chi connectivity index (χ1v) is 2.19. The molecule has 0 spiro atoms. The van der Waals surface area contributed by atoms with Crippen LogP contribution in [0.4, 0.5) is 4.79 Å². The lowest BCUT2D eigenvalue weighted by Gasteiger charge is -1.80. The van der Waals surface area contributed by atoms with E-state index in [0.29, 0.717) is 0 Å². The topological polar surface area (TPSA) is 89.3 Å². The third-order valence-electron chi connectivity index (χ3n) is 0. The molecule has 0 saturated carbocycles. The quantitative estimate of drug-likeness (QED) is 0.399. The summed E-state index contributed by atoms with van der Waals surface area (Å²) >= 11 is 0. The molecule has 50 valence electrons. The molecule has 0 aliphatic carbocycles. The van der Waals surface area contributed by atoms with Crippen LogP contribution in [0.5, 0.6) is 0 Å². The van der Waals surface area contributed by atoms with Crippen LogP contribution in [0.25, 0.3) is 0 Å². The van der Waals surface area contributed by atoms with Gasteiger partial charge in [-0.2, -0.15) is 0 Å². The number of rotatable bonds is 0. The lowest BCUT2D eigenvalue weighted by Crippen LogP contribution is -2.18. The van der Waals surface area contributed by atoms with Gasteiger partial charge in [-0.15, -0.1) is 0 Å². The van der Waals surface area contributed by atoms with Crippen LogP contribution < -0.4 is 11.5 Å². The van der Waals surface area contributed by atoms with Crippen molar-refractivity contribution in [3.05, 3.63) is 0 Å². The van der Waals surface area contributed by atoms with Gasteiger partial charge in [0, 0.05) is 6.10 Å². The third-order valence-corrected chi connectivity index (χ3v) is 0. The number of hydrogen-bond donors (Lipinski definition) is 3. The number of amides is 2. The molecule has 0 radical (unpaired) electrons. The minimum absolute atomic E-state index is 0.167. The fourth-order valence-electron chi connectivity index (χ4n) is 0. The largest absolute Gasteiger partial charge is 0.394 e. The molecule has 0 aromatic rings. The van der Waals surface area contributed by atoms with E-state index in [1.807, 2.05) is 0 Å². The standard InChI is InChI=1S/C3H8O.CH4N2O/c1-3(2)4;2-1(3)4/h3-4H,1-2H3;(H4,2,3,4). The van der Waals surface area contributed by atoms with Crippen LogP contribution in [0.2, 0.25) is 0 Å². The molecular formula is C4H12N2O2. The maximum absolute atomic E-state index is 9.00. The normalized spacial score (nSPS) is 7.50. The molecule has 0 rings (SSSR count). The van der Waals surface area contributed by atoms with E-state index in [4.69, 9.17) is 9.90 Å². The monoisotopic (exact) mass is 120 g/mol. The minimum Gasteiger partial charge on any atom is -0.394 e. The van der Waals surface area contributed by atoms with Crippen molar-refractivity contribution >= 4 is 6.03 Å². The molecule has 0 aromatic heterocycles.